The van der Waals surface area contributed by atoms with Crippen molar-refractivity contribution in [1.29, 1.82) is 0 Å². The topological polar surface area (TPSA) is 53.1 Å². The van der Waals surface area contributed by atoms with Crippen LogP contribution in [0.4, 0.5) is 5.69 Å². The van der Waals surface area contributed by atoms with Crippen LogP contribution >= 0.6 is 0 Å². The van der Waals surface area contributed by atoms with E-state index in [9.17, 15) is 9.59 Å². The highest BCUT2D eigenvalue weighted by molar-refractivity contribution is 5.95. The molecule has 4 rings (SSSR count). The molecule has 0 bridgehead atoms. The molecule has 0 saturated carbocycles. The first-order chi connectivity index (χ1) is 14.5. The minimum absolute atomic E-state index is 0.0409. The first-order valence-corrected chi connectivity index (χ1v) is 10.2. The molecule has 1 spiro atoms. The summed E-state index contributed by atoms with van der Waals surface area (Å²) in [5.74, 6) is 0.834. The van der Waals surface area contributed by atoms with Gasteiger partial charge in [-0.15, -0.1) is 0 Å². The Morgan fingerprint density at radius 1 is 1.03 bits per heavy atom. The quantitative estimate of drug-likeness (QED) is 0.734. The highest BCUT2D eigenvalue weighted by atomic mass is 16.5. The standard InChI is InChI=1S/C24H27N3O3/c1-25-18-27(20-9-4-3-5-10-20)24(23(25)29)14-16-26(17-15-24)22(28)13-12-19-8-6-7-11-21(19)30-2/h3-13H,14-18H2,1-2H3/b13-12-. The van der Waals surface area contributed by atoms with E-state index >= 15 is 0 Å². The van der Waals surface area contributed by atoms with E-state index in [2.05, 4.69) is 4.90 Å². The number of anilines is 1. The number of carbonyl (C=O) groups excluding carboxylic acids is 2. The fraction of sp³-hybridized carbons (Fsp3) is 0.333. The number of hydrogen-bond acceptors (Lipinski definition) is 4. The molecule has 0 unspecified atom stereocenters. The van der Waals surface area contributed by atoms with Crippen LogP contribution in [0.1, 0.15) is 18.4 Å². The average Bonchev–Trinajstić information content (AvgIpc) is 3.03. The highest BCUT2D eigenvalue weighted by Crippen LogP contribution is 2.39. The van der Waals surface area contributed by atoms with Crippen LogP contribution in [0, 0.1) is 0 Å². The van der Waals surface area contributed by atoms with Gasteiger partial charge in [-0.25, -0.2) is 0 Å². The molecule has 6 heteroatoms. The lowest BCUT2D eigenvalue weighted by atomic mass is 9.85. The first kappa shape index (κ1) is 20.0. The maximum atomic E-state index is 13.1. The molecule has 0 N–H and O–H groups in total. The summed E-state index contributed by atoms with van der Waals surface area (Å²) >= 11 is 0. The van der Waals surface area contributed by atoms with Crippen molar-refractivity contribution in [1.82, 2.24) is 9.80 Å². The molecular weight excluding hydrogens is 378 g/mol. The zero-order valence-electron chi connectivity index (χ0n) is 17.5. The Morgan fingerprint density at radius 3 is 2.40 bits per heavy atom. The van der Waals surface area contributed by atoms with E-state index in [0.29, 0.717) is 32.6 Å². The first-order valence-electron chi connectivity index (χ1n) is 10.2. The van der Waals surface area contributed by atoms with Gasteiger partial charge in [0.2, 0.25) is 11.8 Å². The van der Waals surface area contributed by atoms with Crippen molar-refractivity contribution < 1.29 is 14.3 Å². The molecule has 0 radical (unpaired) electrons. The molecule has 30 heavy (non-hydrogen) atoms. The van der Waals surface area contributed by atoms with Gasteiger partial charge >= 0.3 is 0 Å². The number of likely N-dealkylation sites (N-methyl/N-ethyl adjacent to an activating group) is 1. The number of hydrogen-bond donors (Lipinski definition) is 0. The van der Waals surface area contributed by atoms with Crippen LogP contribution in [0.3, 0.4) is 0 Å². The van der Waals surface area contributed by atoms with Crippen molar-refractivity contribution in [3.05, 3.63) is 66.2 Å². The number of carbonyl (C=O) groups is 2. The molecule has 2 aromatic rings. The summed E-state index contributed by atoms with van der Waals surface area (Å²) < 4.78 is 5.34. The molecule has 2 amide bonds. The van der Waals surface area contributed by atoms with Gasteiger partial charge in [0.05, 0.1) is 13.8 Å². The number of nitrogens with zero attached hydrogens (tertiary/aromatic N) is 3. The summed E-state index contributed by atoms with van der Waals surface area (Å²) in [6.07, 6.45) is 4.63. The van der Waals surface area contributed by atoms with E-state index in [0.717, 1.165) is 17.0 Å². The van der Waals surface area contributed by atoms with Crippen molar-refractivity contribution in [3.8, 4) is 5.75 Å². The Kier molecular flexibility index (Phi) is 5.48. The van der Waals surface area contributed by atoms with Crippen LogP contribution in [-0.4, -0.2) is 61.1 Å². The van der Waals surface area contributed by atoms with E-state index in [1.54, 1.807) is 24.2 Å². The third-order valence-corrected chi connectivity index (χ3v) is 6.13. The molecule has 0 atom stereocenters. The van der Waals surface area contributed by atoms with Crippen LogP contribution in [0.2, 0.25) is 0 Å². The second kappa shape index (κ2) is 8.22. The monoisotopic (exact) mass is 405 g/mol. The molecule has 2 aliphatic rings. The maximum Gasteiger partial charge on any atom is 0.249 e. The maximum absolute atomic E-state index is 13.1. The van der Waals surface area contributed by atoms with Crippen LogP contribution in [0.15, 0.2) is 60.7 Å². The van der Waals surface area contributed by atoms with Crippen molar-refractivity contribution in [3.63, 3.8) is 0 Å². The van der Waals surface area contributed by atoms with Crippen molar-refractivity contribution in [2.24, 2.45) is 0 Å². The predicted octanol–water partition coefficient (Wildman–Crippen LogP) is 3.01. The van der Waals surface area contributed by atoms with Gasteiger partial charge in [-0.05, 0) is 37.1 Å². The number of amides is 2. The molecule has 2 aliphatic heterocycles. The van der Waals surface area contributed by atoms with Gasteiger partial charge in [0.25, 0.3) is 0 Å². The van der Waals surface area contributed by atoms with Gasteiger partial charge in [0, 0.05) is 37.5 Å². The molecule has 2 heterocycles. The lowest BCUT2D eigenvalue weighted by Gasteiger charge is -2.43. The van der Waals surface area contributed by atoms with E-state index in [1.807, 2.05) is 66.5 Å². The molecule has 2 aromatic carbocycles. The summed E-state index contributed by atoms with van der Waals surface area (Å²) in [4.78, 5) is 31.6. The fourth-order valence-corrected chi connectivity index (χ4v) is 4.47. The second-order valence-electron chi connectivity index (χ2n) is 7.84. The Morgan fingerprint density at radius 2 is 1.70 bits per heavy atom. The van der Waals surface area contributed by atoms with Gasteiger partial charge < -0.3 is 19.4 Å². The third-order valence-electron chi connectivity index (χ3n) is 6.13. The largest absolute Gasteiger partial charge is 0.496 e. The average molecular weight is 405 g/mol. The van der Waals surface area contributed by atoms with Gasteiger partial charge in [-0.3, -0.25) is 9.59 Å². The van der Waals surface area contributed by atoms with E-state index in [4.69, 9.17) is 4.74 Å². The number of benzene rings is 2. The number of methoxy groups -OCH3 is 1. The SMILES string of the molecule is COc1ccccc1/C=C\C(=O)N1CCC2(CC1)C(=O)N(C)CN2c1ccccc1. The number of para-hydroxylation sites is 2. The molecule has 0 aromatic heterocycles. The van der Waals surface area contributed by atoms with Gasteiger partial charge in [0.15, 0.2) is 0 Å². The van der Waals surface area contributed by atoms with Crippen molar-refractivity contribution in [2.45, 2.75) is 18.4 Å². The van der Waals surface area contributed by atoms with Gasteiger partial charge in [-0.2, -0.15) is 0 Å². The highest BCUT2D eigenvalue weighted by Gasteiger charge is 2.52. The Hall–Kier alpha value is -3.28. The molecular formula is C24H27N3O3. The Labute approximate surface area is 177 Å². The molecule has 2 fully saturated rings. The van der Waals surface area contributed by atoms with Gasteiger partial charge in [0.1, 0.15) is 11.3 Å². The lowest BCUT2D eigenvalue weighted by Crippen LogP contribution is -2.57. The van der Waals surface area contributed by atoms with Gasteiger partial charge in [-0.1, -0.05) is 36.4 Å². The van der Waals surface area contributed by atoms with E-state index in [1.165, 1.54) is 0 Å². The Balaban J connectivity index is 1.47. The molecule has 2 saturated heterocycles. The normalized spacial score (nSPS) is 18.5. The summed E-state index contributed by atoms with van der Waals surface area (Å²) in [5, 5.41) is 0. The number of piperidine rings is 1. The van der Waals surface area contributed by atoms with E-state index in [-0.39, 0.29) is 11.8 Å². The van der Waals surface area contributed by atoms with Crippen LogP contribution in [-0.2, 0) is 9.59 Å². The number of rotatable bonds is 4. The van der Waals surface area contributed by atoms with Crippen molar-refractivity contribution in [2.75, 3.05) is 38.8 Å². The second-order valence-corrected chi connectivity index (χ2v) is 7.84. The minimum Gasteiger partial charge on any atom is -0.496 e. The van der Waals surface area contributed by atoms with Crippen LogP contribution in [0.5, 0.6) is 5.75 Å². The predicted molar refractivity (Wildman–Crippen MR) is 117 cm³/mol. The summed E-state index contributed by atoms with van der Waals surface area (Å²) in [6, 6.07) is 17.7. The van der Waals surface area contributed by atoms with Crippen LogP contribution in [0.25, 0.3) is 6.08 Å². The smallest absolute Gasteiger partial charge is 0.249 e. The summed E-state index contributed by atoms with van der Waals surface area (Å²) in [6.45, 7) is 1.68. The van der Waals surface area contributed by atoms with E-state index < -0.39 is 5.54 Å². The third kappa shape index (κ3) is 3.54. The molecule has 156 valence electrons. The number of likely N-dealkylation sites (tertiary alicyclic amines) is 1. The van der Waals surface area contributed by atoms with Crippen LogP contribution < -0.4 is 9.64 Å². The summed E-state index contributed by atoms with van der Waals surface area (Å²) in [7, 11) is 3.47. The summed E-state index contributed by atoms with van der Waals surface area (Å²) in [5.41, 5.74) is 1.34. The number of ether oxygens (including phenoxy) is 1. The van der Waals surface area contributed by atoms with Crippen molar-refractivity contribution >= 4 is 23.6 Å². The minimum atomic E-state index is -0.570. The lowest BCUT2D eigenvalue weighted by molar-refractivity contribution is -0.135. The Bertz CT molecular complexity index is 949. The molecule has 0 aliphatic carbocycles. The molecule has 6 nitrogen and oxygen atoms in total. The zero-order chi connectivity index (χ0) is 21.1. The fourth-order valence-electron chi connectivity index (χ4n) is 4.47. The zero-order valence-corrected chi connectivity index (χ0v) is 17.5.